The Hall–Kier alpha value is -3.41. The fraction of sp³-hybridized carbons (Fsp3) is 0.250. The third kappa shape index (κ3) is 8.22. The Labute approximate surface area is 195 Å². The van der Waals surface area contributed by atoms with Crippen molar-refractivity contribution in [1.29, 1.82) is 0 Å². The lowest BCUT2D eigenvalue weighted by Crippen LogP contribution is -2.32. The van der Waals surface area contributed by atoms with Gasteiger partial charge in [0.2, 0.25) is 0 Å². The smallest absolute Gasteiger partial charge is 0.189 e. The second-order valence-electron chi connectivity index (χ2n) is 7.71. The molecule has 172 valence electrons. The molecule has 3 aromatic rings. The van der Waals surface area contributed by atoms with Gasteiger partial charge in [0.1, 0.15) is 30.8 Å². The second kappa shape index (κ2) is 13.2. The molecule has 0 saturated carbocycles. The fourth-order valence-electron chi connectivity index (χ4n) is 3.17. The van der Waals surface area contributed by atoms with E-state index in [9.17, 15) is 9.90 Å². The van der Waals surface area contributed by atoms with Crippen LogP contribution in [-0.4, -0.2) is 36.7 Å². The van der Waals surface area contributed by atoms with Gasteiger partial charge in [0.25, 0.3) is 0 Å². The largest absolute Gasteiger partial charge is 0.490 e. The van der Waals surface area contributed by atoms with Crippen molar-refractivity contribution in [2.75, 3.05) is 19.7 Å². The number of benzene rings is 3. The lowest BCUT2D eigenvalue weighted by molar-refractivity contribution is 0.0994. The van der Waals surface area contributed by atoms with Crippen LogP contribution in [0.2, 0.25) is 0 Å². The molecule has 3 aromatic carbocycles. The van der Waals surface area contributed by atoms with Crippen molar-refractivity contribution >= 4 is 11.9 Å². The third-order valence-corrected chi connectivity index (χ3v) is 4.93. The number of carbonyl (C=O) groups excluding carboxylic acids is 1. The predicted octanol–water partition coefficient (Wildman–Crippen LogP) is 4.90. The average Bonchev–Trinajstić information content (AvgIpc) is 2.86. The number of nitrogens with one attached hydrogen (secondary N) is 1. The summed E-state index contributed by atoms with van der Waals surface area (Å²) in [6.45, 7) is 3.82. The number of allylic oxidation sites excluding steroid dienone is 1. The first kappa shape index (κ1) is 24.2. The van der Waals surface area contributed by atoms with Gasteiger partial charge in [-0.2, -0.15) is 0 Å². The van der Waals surface area contributed by atoms with Gasteiger partial charge in [-0.05, 0) is 48.4 Å². The van der Waals surface area contributed by atoms with E-state index in [2.05, 4.69) is 12.2 Å². The zero-order valence-corrected chi connectivity index (χ0v) is 18.9. The molecule has 3 rings (SSSR count). The van der Waals surface area contributed by atoms with Crippen molar-refractivity contribution in [2.24, 2.45) is 0 Å². The highest BCUT2D eigenvalue weighted by Gasteiger charge is 2.14. The van der Waals surface area contributed by atoms with Crippen molar-refractivity contribution < 1.29 is 19.4 Å². The molecule has 0 heterocycles. The fourth-order valence-corrected chi connectivity index (χ4v) is 3.17. The normalized spacial score (nSPS) is 11.9. The van der Waals surface area contributed by atoms with E-state index < -0.39 is 6.10 Å². The van der Waals surface area contributed by atoms with E-state index in [0.717, 1.165) is 24.1 Å². The summed E-state index contributed by atoms with van der Waals surface area (Å²) in [6, 6.07) is 24.7. The maximum absolute atomic E-state index is 13.0. The number of ether oxygens (including phenoxy) is 2. The van der Waals surface area contributed by atoms with Crippen molar-refractivity contribution in [3.05, 3.63) is 102 Å². The molecule has 0 spiro atoms. The molecular formula is C28H31NO4. The van der Waals surface area contributed by atoms with Gasteiger partial charge in [-0.25, -0.2) is 0 Å². The molecule has 1 atom stereocenters. The van der Waals surface area contributed by atoms with Crippen LogP contribution < -0.4 is 14.8 Å². The molecule has 2 N–H and O–H groups in total. The maximum atomic E-state index is 13.0. The van der Waals surface area contributed by atoms with E-state index in [1.807, 2.05) is 60.7 Å². The van der Waals surface area contributed by atoms with Crippen LogP contribution in [-0.2, 0) is 6.61 Å². The van der Waals surface area contributed by atoms with Crippen molar-refractivity contribution in [3.63, 3.8) is 0 Å². The van der Waals surface area contributed by atoms with Gasteiger partial charge in [-0.1, -0.05) is 73.7 Å². The molecule has 0 bridgehead atoms. The molecule has 0 radical (unpaired) electrons. The van der Waals surface area contributed by atoms with Crippen molar-refractivity contribution in [2.45, 2.75) is 26.1 Å². The molecule has 5 heteroatoms. The number of aliphatic hydroxyl groups excluding tert-OH is 1. The summed E-state index contributed by atoms with van der Waals surface area (Å²) >= 11 is 0. The summed E-state index contributed by atoms with van der Waals surface area (Å²) in [5.74, 6) is 0.796. The van der Waals surface area contributed by atoms with Crippen LogP contribution >= 0.6 is 0 Å². The zero-order valence-electron chi connectivity index (χ0n) is 18.9. The van der Waals surface area contributed by atoms with E-state index in [1.54, 1.807) is 24.3 Å². The molecule has 0 aliphatic rings. The van der Waals surface area contributed by atoms with Crippen molar-refractivity contribution in [3.8, 4) is 11.5 Å². The minimum Gasteiger partial charge on any atom is -0.490 e. The third-order valence-electron chi connectivity index (χ3n) is 4.93. The van der Waals surface area contributed by atoms with Gasteiger partial charge >= 0.3 is 0 Å². The molecule has 1 unspecified atom stereocenters. The topological polar surface area (TPSA) is 67.8 Å². The average molecular weight is 446 g/mol. The van der Waals surface area contributed by atoms with Gasteiger partial charge < -0.3 is 19.9 Å². The monoisotopic (exact) mass is 445 g/mol. The Morgan fingerprint density at radius 1 is 1.00 bits per heavy atom. The van der Waals surface area contributed by atoms with Gasteiger partial charge in [0.05, 0.1) is 5.56 Å². The Balaban J connectivity index is 1.74. The van der Waals surface area contributed by atoms with Crippen LogP contribution in [0.25, 0.3) is 6.08 Å². The minimum atomic E-state index is -0.673. The standard InChI is InChI=1S/C28H31NO4/c1-2-17-29-19-24(30)21-33-28-16-14-25(32-20-23-11-7-4-8-12-23)18-26(28)27(31)15-13-22-9-5-3-6-10-22/h3-16,18,24,29-30H,2,17,19-21H2,1H3/b15-13+. The number of carbonyl (C=O) groups is 1. The number of hydrogen-bond donors (Lipinski definition) is 2. The quantitative estimate of drug-likeness (QED) is 0.223. The second-order valence-corrected chi connectivity index (χ2v) is 7.71. The summed E-state index contributed by atoms with van der Waals surface area (Å²) in [6.07, 6.45) is 3.61. The molecule has 0 saturated heterocycles. The van der Waals surface area contributed by atoms with E-state index >= 15 is 0 Å². The lowest BCUT2D eigenvalue weighted by Gasteiger charge is -2.16. The molecule has 0 fully saturated rings. The molecular weight excluding hydrogens is 414 g/mol. The Bertz CT molecular complexity index is 1020. The molecule has 0 aromatic heterocycles. The van der Waals surface area contributed by atoms with Crippen LogP contribution in [0.1, 0.15) is 34.8 Å². The number of hydrogen-bond acceptors (Lipinski definition) is 5. The summed E-state index contributed by atoms with van der Waals surface area (Å²) in [5.41, 5.74) is 2.36. The zero-order chi connectivity index (χ0) is 23.3. The molecule has 0 amide bonds. The number of rotatable bonds is 13. The van der Waals surface area contributed by atoms with Gasteiger partial charge in [-0.15, -0.1) is 0 Å². The van der Waals surface area contributed by atoms with Gasteiger partial charge in [0.15, 0.2) is 5.78 Å². The highest BCUT2D eigenvalue weighted by atomic mass is 16.5. The number of ketones is 1. The Kier molecular flexibility index (Phi) is 9.70. The van der Waals surface area contributed by atoms with Crippen LogP contribution in [0, 0.1) is 0 Å². The first-order valence-electron chi connectivity index (χ1n) is 11.3. The van der Waals surface area contributed by atoms with Crippen LogP contribution in [0.3, 0.4) is 0 Å². The Morgan fingerprint density at radius 3 is 2.45 bits per heavy atom. The van der Waals surface area contributed by atoms with Crippen molar-refractivity contribution in [1.82, 2.24) is 5.32 Å². The van der Waals surface area contributed by atoms with Crippen LogP contribution in [0.4, 0.5) is 0 Å². The van der Waals surface area contributed by atoms with Gasteiger partial charge in [-0.3, -0.25) is 4.79 Å². The molecule has 33 heavy (non-hydrogen) atoms. The highest BCUT2D eigenvalue weighted by molar-refractivity contribution is 6.08. The molecule has 0 aliphatic carbocycles. The summed E-state index contributed by atoms with van der Waals surface area (Å²) < 4.78 is 11.7. The summed E-state index contributed by atoms with van der Waals surface area (Å²) in [4.78, 5) is 13.0. The SMILES string of the molecule is CCCNCC(O)COc1ccc(OCc2ccccc2)cc1C(=O)/C=C/c1ccccc1. The number of aliphatic hydroxyl groups is 1. The minimum absolute atomic E-state index is 0.0869. The first-order chi connectivity index (χ1) is 16.2. The maximum Gasteiger partial charge on any atom is 0.189 e. The van der Waals surface area contributed by atoms with E-state index in [0.29, 0.717) is 30.2 Å². The van der Waals surface area contributed by atoms with E-state index in [4.69, 9.17) is 9.47 Å². The van der Waals surface area contributed by atoms with E-state index in [1.165, 1.54) is 6.08 Å². The lowest BCUT2D eigenvalue weighted by atomic mass is 10.1. The van der Waals surface area contributed by atoms with Crippen LogP contribution in [0.5, 0.6) is 11.5 Å². The highest BCUT2D eigenvalue weighted by Crippen LogP contribution is 2.26. The van der Waals surface area contributed by atoms with Gasteiger partial charge in [0, 0.05) is 6.54 Å². The van der Waals surface area contributed by atoms with E-state index in [-0.39, 0.29) is 12.4 Å². The Morgan fingerprint density at radius 2 is 1.73 bits per heavy atom. The predicted molar refractivity (Wildman–Crippen MR) is 132 cm³/mol. The first-order valence-corrected chi connectivity index (χ1v) is 11.3. The van der Waals surface area contributed by atoms with Crippen LogP contribution in [0.15, 0.2) is 84.9 Å². The summed E-state index contributed by atoms with van der Waals surface area (Å²) in [7, 11) is 0. The molecule has 0 aliphatic heterocycles. The molecule has 5 nitrogen and oxygen atoms in total. The summed E-state index contributed by atoms with van der Waals surface area (Å²) in [5, 5.41) is 13.3.